The molecule has 0 saturated carbocycles. The number of rotatable bonds is 6. The van der Waals surface area contributed by atoms with Crippen molar-refractivity contribution in [2.45, 2.75) is 24.8 Å². The molecule has 1 aliphatic heterocycles. The van der Waals surface area contributed by atoms with Crippen LogP contribution in [0.5, 0.6) is 0 Å². The molecule has 154 valence electrons. The second kappa shape index (κ2) is 8.81. The fourth-order valence-electron chi connectivity index (χ4n) is 3.41. The van der Waals surface area contributed by atoms with Crippen molar-refractivity contribution in [1.29, 1.82) is 0 Å². The predicted octanol–water partition coefficient (Wildman–Crippen LogP) is 4.27. The average molecular weight is 420 g/mol. The van der Waals surface area contributed by atoms with E-state index >= 15 is 0 Å². The highest BCUT2D eigenvalue weighted by Crippen LogP contribution is 2.18. The lowest BCUT2D eigenvalue weighted by molar-refractivity contribution is 0.284. The molecule has 0 spiro atoms. The minimum absolute atomic E-state index is 0.271. The van der Waals surface area contributed by atoms with Crippen LogP contribution in [0.2, 0.25) is 0 Å². The first-order valence-electron chi connectivity index (χ1n) is 10.0. The van der Waals surface area contributed by atoms with Gasteiger partial charge in [-0.3, -0.25) is 4.90 Å². The second-order valence-corrected chi connectivity index (χ2v) is 9.36. The molecule has 0 N–H and O–H groups in total. The number of aromatic nitrogens is 2. The van der Waals surface area contributed by atoms with Gasteiger partial charge in [0.1, 0.15) is 6.33 Å². The van der Waals surface area contributed by atoms with E-state index in [1.807, 2.05) is 25.1 Å². The minimum atomic E-state index is -3.60. The van der Waals surface area contributed by atoms with E-state index in [2.05, 4.69) is 40.2 Å². The van der Waals surface area contributed by atoms with E-state index in [4.69, 9.17) is 0 Å². The number of hydrogen-bond donors (Lipinski definition) is 0. The molecule has 6 heteroatoms. The number of benzene rings is 2. The molecule has 0 saturated heterocycles. The number of hydrogen-bond acceptors (Lipinski definition) is 4. The van der Waals surface area contributed by atoms with Crippen LogP contribution in [0.4, 0.5) is 0 Å². The topological polar surface area (TPSA) is 55.2 Å². The van der Waals surface area contributed by atoms with Crippen molar-refractivity contribution in [3.8, 4) is 0 Å². The number of allylic oxidation sites excluding steroid dienone is 1. The van der Waals surface area contributed by atoms with Gasteiger partial charge < -0.3 is 0 Å². The number of imidazole rings is 1. The second-order valence-electron chi connectivity index (χ2n) is 7.52. The number of aryl methyl sites for hydroxylation is 1. The maximum atomic E-state index is 12.8. The quantitative estimate of drug-likeness (QED) is 0.599. The van der Waals surface area contributed by atoms with Gasteiger partial charge in [-0.25, -0.2) is 17.4 Å². The third-order valence-electron chi connectivity index (χ3n) is 5.21. The van der Waals surface area contributed by atoms with Crippen molar-refractivity contribution in [1.82, 2.24) is 13.9 Å². The van der Waals surface area contributed by atoms with Gasteiger partial charge in [0.25, 0.3) is 10.0 Å². The molecule has 5 nitrogen and oxygen atoms in total. The summed E-state index contributed by atoms with van der Waals surface area (Å²) in [6, 6.07) is 17.1. The Balaban J connectivity index is 1.38. The first kappa shape index (κ1) is 20.3. The maximum Gasteiger partial charge on any atom is 0.268 e. The van der Waals surface area contributed by atoms with Crippen LogP contribution in [0.15, 0.2) is 89.7 Å². The summed E-state index contributed by atoms with van der Waals surface area (Å²) in [5.74, 6) is 0. The van der Waals surface area contributed by atoms with Crippen molar-refractivity contribution < 1.29 is 8.42 Å². The summed E-state index contributed by atoms with van der Waals surface area (Å²) in [6.07, 6.45) is 10.5. The monoisotopic (exact) mass is 419 g/mol. The molecule has 1 aliphatic rings. The van der Waals surface area contributed by atoms with Crippen molar-refractivity contribution in [3.05, 3.63) is 102 Å². The Kier molecular flexibility index (Phi) is 5.97. The fourth-order valence-corrected chi connectivity index (χ4v) is 4.56. The molecular formula is C24H25N3O2S. The summed E-state index contributed by atoms with van der Waals surface area (Å²) in [7, 11) is -3.60. The van der Waals surface area contributed by atoms with Gasteiger partial charge in [0.15, 0.2) is 0 Å². The van der Waals surface area contributed by atoms with Gasteiger partial charge in [-0.1, -0.05) is 66.3 Å². The predicted molar refractivity (Wildman–Crippen MR) is 119 cm³/mol. The highest BCUT2D eigenvalue weighted by Gasteiger charge is 2.18. The smallest absolute Gasteiger partial charge is 0.268 e. The van der Waals surface area contributed by atoms with Crippen LogP contribution in [0, 0.1) is 6.92 Å². The molecule has 0 unspecified atom stereocenters. The van der Waals surface area contributed by atoms with Gasteiger partial charge in [0, 0.05) is 25.8 Å². The zero-order valence-corrected chi connectivity index (χ0v) is 17.8. The first-order valence-corrected chi connectivity index (χ1v) is 11.4. The summed E-state index contributed by atoms with van der Waals surface area (Å²) >= 11 is 0. The van der Waals surface area contributed by atoms with E-state index in [1.54, 1.807) is 30.5 Å². The lowest BCUT2D eigenvalue weighted by atomic mass is 10.1. The van der Waals surface area contributed by atoms with Crippen molar-refractivity contribution in [2.75, 3.05) is 13.1 Å². The SMILES string of the molecule is Cc1ccc(S(=O)(=O)n2cnc(CN3CC=C(C=Cc4ccccc4)CC3)c2)cc1. The normalized spacial score (nSPS) is 15.4. The van der Waals surface area contributed by atoms with Crippen LogP contribution < -0.4 is 0 Å². The lowest BCUT2D eigenvalue weighted by Crippen LogP contribution is -2.28. The standard InChI is InChI=1S/C24H25N3O2S/c1-20-7-11-24(12-8-20)30(28,29)27-18-23(25-19-27)17-26-15-13-22(14-16-26)10-9-21-5-3-2-4-6-21/h2-13,18-19H,14-17H2,1H3. The Morgan fingerprint density at radius 3 is 2.50 bits per heavy atom. The van der Waals surface area contributed by atoms with Crippen molar-refractivity contribution in [3.63, 3.8) is 0 Å². The summed E-state index contributed by atoms with van der Waals surface area (Å²) in [6.45, 7) is 4.30. The van der Waals surface area contributed by atoms with Gasteiger partial charge in [-0.05, 0) is 36.6 Å². The molecule has 30 heavy (non-hydrogen) atoms. The van der Waals surface area contributed by atoms with E-state index in [0.717, 1.165) is 30.8 Å². The van der Waals surface area contributed by atoms with Crippen LogP contribution in [0.1, 0.15) is 23.2 Å². The summed E-state index contributed by atoms with van der Waals surface area (Å²) in [4.78, 5) is 6.86. The molecule has 3 aromatic rings. The highest BCUT2D eigenvalue weighted by atomic mass is 32.2. The molecule has 0 aliphatic carbocycles. The third-order valence-corrected chi connectivity index (χ3v) is 6.84. The molecule has 0 atom stereocenters. The molecule has 0 bridgehead atoms. The van der Waals surface area contributed by atoms with E-state index < -0.39 is 10.0 Å². The maximum absolute atomic E-state index is 12.8. The zero-order chi connectivity index (χ0) is 21.0. The Bertz CT molecular complexity index is 1160. The van der Waals surface area contributed by atoms with Crippen LogP contribution in [0.3, 0.4) is 0 Å². The van der Waals surface area contributed by atoms with Crippen LogP contribution in [0.25, 0.3) is 6.08 Å². The molecule has 2 heterocycles. The van der Waals surface area contributed by atoms with Crippen molar-refractivity contribution >= 4 is 16.1 Å². The third kappa shape index (κ3) is 4.78. The van der Waals surface area contributed by atoms with Crippen LogP contribution in [-0.4, -0.2) is 35.4 Å². The van der Waals surface area contributed by atoms with Gasteiger partial charge >= 0.3 is 0 Å². The average Bonchev–Trinajstić information content (AvgIpc) is 3.24. The van der Waals surface area contributed by atoms with Gasteiger partial charge in [0.05, 0.1) is 10.6 Å². The molecule has 0 radical (unpaired) electrons. The summed E-state index contributed by atoms with van der Waals surface area (Å²) in [5.41, 5.74) is 4.29. The number of nitrogens with zero attached hydrogens (tertiary/aromatic N) is 3. The first-order chi connectivity index (χ1) is 14.5. The van der Waals surface area contributed by atoms with E-state index in [0.29, 0.717) is 6.54 Å². The van der Waals surface area contributed by atoms with Gasteiger partial charge in [-0.15, -0.1) is 0 Å². The summed E-state index contributed by atoms with van der Waals surface area (Å²) < 4.78 is 26.8. The van der Waals surface area contributed by atoms with Gasteiger partial charge in [0.2, 0.25) is 0 Å². The largest absolute Gasteiger partial charge is 0.293 e. The van der Waals surface area contributed by atoms with E-state index in [1.165, 1.54) is 21.4 Å². The molecule has 0 amide bonds. The van der Waals surface area contributed by atoms with E-state index in [-0.39, 0.29) is 4.90 Å². The van der Waals surface area contributed by atoms with Crippen LogP contribution >= 0.6 is 0 Å². The van der Waals surface area contributed by atoms with Crippen LogP contribution in [-0.2, 0) is 16.6 Å². The Morgan fingerprint density at radius 2 is 1.80 bits per heavy atom. The minimum Gasteiger partial charge on any atom is -0.293 e. The molecule has 1 aromatic heterocycles. The van der Waals surface area contributed by atoms with E-state index in [9.17, 15) is 8.42 Å². The molecule has 0 fully saturated rings. The lowest BCUT2D eigenvalue weighted by Gasteiger charge is -2.24. The Hall–Kier alpha value is -2.96. The molecular weight excluding hydrogens is 394 g/mol. The summed E-state index contributed by atoms with van der Waals surface area (Å²) in [5, 5.41) is 0. The zero-order valence-electron chi connectivity index (χ0n) is 17.0. The fraction of sp³-hybridized carbons (Fsp3) is 0.208. The molecule has 2 aromatic carbocycles. The Morgan fingerprint density at radius 1 is 1.03 bits per heavy atom. The Labute approximate surface area is 178 Å². The van der Waals surface area contributed by atoms with Gasteiger partial charge in [-0.2, -0.15) is 0 Å². The molecule has 4 rings (SSSR count). The van der Waals surface area contributed by atoms with Crippen molar-refractivity contribution in [2.24, 2.45) is 0 Å². The highest BCUT2D eigenvalue weighted by molar-refractivity contribution is 7.90.